The van der Waals surface area contributed by atoms with Gasteiger partial charge in [-0.15, -0.1) is 0 Å². The van der Waals surface area contributed by atoms with Crippen LogP contribution in [-0.2, 0) is 4.79 Å². The van der Waals surface area contributed by atoms with Crippen molar-refractivity contribution in [3.05, 3.63) is 29.0 Å². The Balaban J connectivity index is 1.58. The molecular weight excluding hydrogens is 267 g/mol. The molecule has 1 aromatic rings. The fraction of sp³-hybridized carbons (Fsp3) is 0.500. The molecule has 5 heteroatoms. The molecule has 3 nitrogen and oxygen atoms in total. The monoisotopic (exact) mass is 282 g/mol. The number of benzene rings is 1. The quantitative estimate of drug-likeness (QED) is 0.905. The normalized spacial score (nSPS) is 21.8. The molecule has 1 spiro atoms. The average molecular weight is 283 g/mol. The summed E-state index contributed by atoms with van der Waals surface area (Å²) in [6.45, 7) is 2.17. The Morgan fingerprint density at radius 2 is 2.11 bits per heavy atom. The maximum atomic E-state index is 13.2. The fourth-order valence-electron chi connectivity index (χ4n) is 3.40. The summed E-state index contributed by atoms with van der Waals surface area (Å²) in [5.74, 6) is -0.411. The number of anilines is 1. The molecule has 0 unspecified atom stereocenters. The minimum absolute atomic E-state index is 0.0261. The second kappa shape index (κ2) is 4.46. The first-order chi connectivity index (χ1) is 8.96. The lowest BCUT2D eigenvalue weighted by Crippen LogP contribution is -2.62. The Labute approximate surface area is 116 Å². The second-order valence-corrected chi connectivity index (χ2v) is 6.36. The van der Waals surface area contributed by atoms with E-state index < -0.39 is 5.82 Å². The highest BCUT2D eigenvalue weighted by Crippen LogP contribution is 2.51. The number of amides is 1. The molecule has 1 aliphatic heterocycles. The van der Waals surface area contributed by atoms with Crippen LogP contribution in [0.1, 0.15) is 12.8 Å². The van der Waals surface area contributed by atoms with Gasteiger partial charge in [-0.05, 0) is 43.5 Å². The van der Waals surface area contributed by atoms with Crippen LogP contribution in [0, 0.1) is 17.2 Å². The van der Waals surface area contributed by atoms with Crippen LogP contribution in [0.15, 0.2) is 18.2 Å². The van der Waals surface area contributed by atoms with Gasteiger partial charge < -0.3 is 10.2 Å². The number of nitrogens with zero attached hydrogens (tertiary/aromatic N) is 1. The molecule has 0 radical (unpaired) electrons. The summed E-state index contributed by atoms with van der Waals surface area (Å²) in [7, 11) is 2.09. The van der Waals surface area contributed by atoms with Gasteiger partial charge in [0.1, 0.15) is 5.82 Å². The summed E-state index contributed by atoms with van der Waals surface area (Å²) in [4.78, 5) is 14.3. The zero-order valence-electron chi connectivity index (χ0n) is 10.7. The zero-order valence-corrected chi connectivity index (χ0v) is 11.5. The first-order valence-electron chi connectivity index (χ1n) is 6.41. The van der Waals surface area contributed by atoms with E-state index in [0.29, 0.717) is 16.1 Å². The van der Waals surface area contributed by atoms with E-state index in [-0.39, 0.29) is 11.8 Å². The summed E-state index contributed by atoms with van der Waals surface area (Å²) in [6.07, 6.45) is 1.87. The lowest BCUT2D eigenvalue weighted by atomic mass is 9.57. The van der Waals surface area contributed by atoms with E-state index in [1.165, 1.54) is 12.1 Å². The van der Waals surface area contributed by atoms with Gasteiger partial charge in [0.25, 0.3) is 0 Å². The molecule has 1 aromatic carbocycles. The van der Waals surface area contributed by atoms with E-state index in [1.54, 1.807) is 6.07 Å². The number of likely N-dealkylation sites (tertiary alicyclic amines) is 1. The number of hydrogen-bond donors (Lipinski definition) is 1. The molecule has 2 aliphatic rings. The van der Waals surface area contributed by atoms with E-state index in [9.17, 15) is 9.18 Å². The Hall–Kier alpha value is -1.13. The molecular formula is C14H16ClFN2O. The van der Waals surface area contributed by atoms with Gasteiger partial charge in [0.2, 0.25) is 5.91 Å². The molecule has 3 rings (SSSR count). The number of carbonyl (C=O) groups excluding carboxylic acids is 1. The third kappa shape index (κ3) is 2.47. The van der Waals surface area contributed by atoms with Crippen LogP contribution in [0.25, 0.3) is 0 Å². The van der Waals surface area contributed by atoms with Crippen LogP contribution in [-0.4, -0.2) is 30.9 Å². The van der Waals surface area contributed by atoms with Crippen LogP contribution >= 0.6 is 11.6 Å². The van der Waals surface area contributed by atoms with Crippen molar-refractivity contribution in [2.45, 2.75) is 12.8 Å². The highest BCUT2D eigenvalue weighted by atomic mass is 35.5. The summed E-state index contributed by atoms with van der Waals surface area (Å²) in [6, 6.07) is 4.07. The second-order valence-electron chi connectivity index (χ2n) is 5.92. The lowest BCUT2D eigenvalue weighted by Gasteiger charge is -2.57. The van der Waals surface area contributed by atoms with Crippen LogP contribution in [0.4, 0.5) is 10.1 Å². The summed E-state index contributed by atoms with van der Waals surface area (Å²) < 4.78 is 13.2. The third-order valence-electron chi connectivity index (χ3n) is 4.07. The number of carbonyl (C=O) groups is 1. The van der Waals surface area contributed by atoms with E-state index in [4.69, 9.17) is 11.6 Å². The van der Waals surface area contributed by atoms with Crippen molar-refractivity contribution in [2.75, 3.05) is 25.5 Å². The average Bonchev–Trinajstić information content (AvgIpc) is 2.19. The van der Waals surface area contributed by atoms with Gasteiger partial charge >= 0.3 is 0 Å². The molecule has 1 saturated heterocycles. The minimum Gasteiger partial charge on any atom is -0.326 e. The molecule has 2 fully saturated rings. The maximum Gasteiger partial charge on any atom is 0.227 e. The Morgan fingerprint density at radius 3 is 2.68 bits per heavy atom. The van der Waals surface area contributed by atoms with E-state index in [0.717, 1.165) is 25.9 Å². The van der Waals surface area contributed by atoms with Crippen LogP contribution in [0.2, 0.25) is 5.02 Å². The number of halogens is 2. The predicted molar refractivity (Wildman–Crippen MR) is 72.7 cm³/mol. The van der Waals surface area contributed by atoms with Gasteiger partial charge in [0.05, 0.1) is 0 Å². The molecule has 1 saturated carbocycles. The molecule has 1 heterocycles. The molecule has 0 aromatic heterocycles. The third-order valence-corrected chi connectivity index (χ3v) is 4.29. The van der Waals surface area contributed by atoms with Gasteiger partial charge in [0.15, 0.2) is 0 Å². The van der Waals surface area contributed by atoms with Gasteiger partial charge in [-0.25, -0.2) is 4.39 Å². The largest absolute Gasteiger partial charge is 0.326 e. The first-order valence-corrected chi connectivity index (χ1v) is 6.79. The standard InChI is InChI=1S/C14H16ClFN2O/c1-18-7-14(8-18)5-9(6-14)13(19)17-12-3-10(15)2-11(16)4-12/h2-4,9H,5-8H2,1H3,(H,17,19). The van der Waals surface area contributed by atoms with Crippen molar-refractivity contribution in [3.8, 4) is 0 Å². The maximum absolute atomic E-state index is 13.2. The van der Waals surface area contributed by atoms with Crippen LogP contribution < -0.4 is 5.32 Å². The van der Waals surface area contributed by atoms with Gasteiger partial charge in [0, 0.05) is 29.7 Å². The molecule has 0 bridgehead atoms. The number of rotatable bonds is 2. The minimum atomic E-state index is -0.437. The highest BCUT2D eigenvalue weighted by Gasteiger charge is 2.53. The first kappa shape index (κ1) is 12.9. The van der Waals surface area contributed by atoms with Crippen molar-refractivity contribution in [1.82, 2.24) is 4.90 Å². The number of nitrogens with one attached hydrogen (secondary N) is 1. The summed E-state index contributed by atoms with van der Waals surface area (Å²) in [5, 5.41) is 3.04. The van der Waals surface area contributed by atoms with Crippen LogP contribution in [0.5, 0.6) is 0 Å². The van der Waals surface area contributed by atoms with Crippen molar-refractivity contribution in [1.29, 1.82) is 0 Å². The van der Waals surface area contributed by atoms with Gasteiger partial charge in [-0.1, -0.05) is 11.6 Å². The summed E-state index contributed by atoms with van der Waals surface area (Å²) in [5.41, 5.74) is 0.803. The number of hydrogen-bond acceptors (Lipinski definition) is 2. The van der Waals surface area contributed by atoms with Crippen molar-refractivity contribution in [2.24, 2.45) is 11.3 Å². The highest BCUT2D eigenvalue weighted by molar-refractivity contribution is 6.30. The molecule has 1 amide bonds. The van der Waals surface area contributed by atoms with E-state index in [2.05, 4.69) is 17.3 Å². The Bertz CT molecular complexity index is 500. The Morgan fingerprint density at radius 1 is 1.42 bits per heavy atom. The fourth-order valence-corrected chi connectivity index (χ4v) is 3.62. The Kier molecular flexibility index (Phi) is 3.02. The van der Waals surface area contributed by atoms with E-state index >= 15 is 0 Å². The molecule has 19 heavy (non-hydrogen) atoms. The van der Waals surface area contributed by atoms with Crippen LogP contribution in [0.3, 0.4) is 0 Å². The smallest absolute Gasteiger partial charge is 0.227 e. The molecule has 0 atom stereocenters. The predicted octanol–water partition coefficient (Wildman–Crippen LogP) is 2.76. The molecule has 102 valence electrons. The van der Waals surface area contributed by atoms with Gasteiger partial charge in [-0.2, -0.15) is 0 Å². The topological polar surface area (TPSA) is 32.3 Å². The molecule has 1 aliphatic carbocycles. The SMILES string of the molecule is CN1CC2(CC(C(=O)Nc3cc(F)cc(Cl)c3)C2)C1. The van der Waals surface area contributed by atoms with Crippen molar-refractivity contribution < 1.29 is 9.18 Å². The zero-order chi connectivity index (χ0) is 13.6. The van der Waals surface area contributed by atoms with Gasteiger partial charge in [-0.3, -0.25) is 4.79 Å². The van der Waals surface area contributed by atoms with Crippen molar-refractivity contribution in [3.63, 3.8) is 0 Å². The summed E-state index contributed by atoms with van der Waals surface area (Å²) >= 11 is 5.76. The van der Waals surface area contributed by atoms with Crippen molar-refractivity contribution >= 4 is 23.2 Å². The molecule has 1 N–H and O–H groups in total. The van der Waals surface area contributed by atoms with E-state index in [1.807, 2.05) is 0 Å². The lowest BCUT2D eigenvalue weighted by molar-refractivity contribution is -0.137.